The number of amides is 3. The Balaban J connectivity index is 0.000000203. The van der Waals surface area contributed by atoms with Crippen LogP contribution in [0.25, 0.3) is 0 Å². The molecule has 0 aliphatic carbocycles. The molecule has 3 amide bonds. The first-order chi connectivity index (χ1) is 28.8. The number of piperidine rings is 3. The fourth-order valence-corrected chi connectivity index (χ4v) is 9.45. The number of benzene rings is 5. The van der Waals surface area contributed by atoms with Gasteiger partial charge in [0.1, 0.15) is 6.04 Å². The first kappa shape index (κ1) is 40.3. The topological polar surface area (TPSA) is 111 Å². The minimum Gasteiger partial charge on any atom is -0.327 e. The van der Waals surface area contributed by atoms with E-state index in [9.17, 15) is 14.4 Å². The zero-order valence-corrected chi connectivity index (χ0v) is 33.8. The van der Waals surface area contributed by atoms with Crippen molar-refractivity contribution in [3.63, 3.8) is 0 Å². The summed E-state index contributed by atoms with van der Waals surface area (Å²) in [5.74, 6) is 0.242. The number of rotatable bonds is 10. The lowest BCUT2D eigenvalue weighted by molar-refractivity contribution is -0.136. The Kier molecular flexibility index (Phi) is 13.0. The molecule has 0 saturated carbocycles. The molecule has 59 heavy (non-hydrogen) atoms. The van der Waals surface area contributed by atoms with E-state index in [-0.39, 0.29) is 30.2 Å². The van der Waals surface area contributed by atoms with Crippen molar-refractivity contribution in [2.75, 3.05) is 26.2 Å². The maximum atomic E-state index is 13.0. The molecule has 5 aromatic rings. The smallest absolute Gasteiger partial charge is 0.255 e. The van der Waals surface area contributed by atoms with Gasteiger partial charge in [-0.1, -0.05) is 133 Å². The van der Waals surface area contributed by atoms with Crippen LogP contribution < -0.4 is 16.4 Å². The van der Waals surface area contributed by atoms with Crippen molar-refractivity contribution in [2.24, 2.45) is 5.73 Å². The van der Waals surface area contributed by atoms with E-state index < -0.39 is 6.04 Å². The first-order valence-electron chi connectivity index (χ1n) is 21.2. The number of hydrogen-bond acceptors (Lipinski definition) is 7. The second kappa shape index (κ2) is 19.1. The number of imide groups is 1. The van der Waals surface area contributed by atoms with Crippen molar-refractivity contribution in [3.8, 4) is 0 Å². The highest BCUT2D eigenvalue weighted by Crippen LogP contribution is 2.31. The Labute approximate surface area is 348 Å². The lowest BCUT2D eigenvalue weighted by Crippen LogP contribution is -2.52. The Bertz CT molecular complexity index is 2170. The van der Waals surface area contributed by atoms with Gasteiger partial charge in [-0.05, 0) is 70.5 Å². The van der Waals surface area contributed by atoms with Crippen LogP contribution in [0.15, 0.2) is 140 Å². The molecule has 9 heteroatoms. The predicted molar refractivity (Wildman–Crippen MR) is 232 cm³/mol. The van der Waals surface area contributed by atoms with Crippen molar-refractivity contribution >= 4 is 17.7 Å². The van der Waals surface area contributed by atoms with E-state index in [2.05, 4.69) is 148 Å². The minimum atomic E-state index is -0.586. The molecule has 5 aromatic carbocycles. The van der Waals surface area contributed by atoms with E-state index in [0.29, 0.717) is 43.0 Å². The van der Waals surface area contributed by atoms with Gasteiger partial charge in [0, 0.05) is 76.4 Å². The third-order valence-electron chi connectivity index (χ3n) is 12.3. The van der Waals surface area contributed by atoms with E-state index in [0.717, 1.165) is 63.2 Å². The fraction of sp³-hybridized carbons (Fsp3) is 0.340. The summed E-state index contributed by atoms with van der Waals surface area (Å²) in [7, 11) is 0. The molecule has 3 saturated heterocycles. The summed E-state index contributed by atoms with van der Waals surface area (Å²) in [6, 6.07) is 48.9. The largest absolute Gasteiger partial charge is 0.327 e. The zero-order chi connectivity index (χ0) is 40.6. The van der Waals surface area contributed by atoms with Crippen LogP contribution in [-0.2, 0) is 35.8 Å². The highest BCUT2D eigenvalue weighted by molar-refractivity contribution is 6.05. The molecule has 4 aliphatic rings. The number of nitrogens with zero attached hydrogens (tertiary/aromatic N) is 3. The van der Waals surface area contributed by atoms with E-state index in [1.54, 1.807) is 4.90 Å². The molecule has 9 nitrogen and oxygen atoms in total. The number of fused-ring (bicyclic) bond motifs is 1. The molecule has 4 aliphatic heterocycles. The second-order valence-corrected chi connectivity index (χ2v) is 16.8. The van der Waals surface area contributed by atoms with Crippen molar-refractivity contribution < 1.29 is 14.4 Å². The van der Waals surface area contributed by atoms with Crippen molar-refractivity contribution in [1.82, 2.24) is 25.3 Å². The average molecular weight is 789 g/mol. The van der Waals surface area contributed by atoms with Gasteiger partial charge in [-0.2, -0.15) is 0 Å². The van der Waals surface area contributed by atoms with Crippen LogP contribution in [0.2, 0.25) is 0 Å². The fourth-order valence-electron chi connectivity index (χ4n) is 9.45. The summed E-state index contributed by atoms with van der Waals surface area (Å²) in [5.41, 5.74) is 14.5. The van der Waals surface area contributed by atoms with Crippen LogP contribution in [0.1, 0.15) is 81.3 Å². The minimum absolute atomic E-state index is 0.131. The number of nitrogens with two attached hydrogens (primary N) is 1. The Morgan fingerprint density at radius 2 is 1.19 bits per heavy atom. The van der Waals surface area contributed by atoms with Crippen LogP contribution in [0.5, 0.6) is 0 Å². The number of likely N-dealkylation sites (tertiary alicyclic amines) is 2. The quantitative estimate of drug-likeness (QED) is 0.137. The highest BCUT2D eigenvalue weighted by atomic mass is 16.2. The van der Waals surface area contributed by atoms with Gasteiger partial charge < -0.3 is 16.0 Å². The van der Waals surface area contributed by atoms with Crippen molar-refractivity contribution in [1.29, 1.82) is 0 Å². The van der Waals surface area contributed by atoms with Crippen LogP contribution in [0.4, 0.5) is 0 Å². The molecule has 0 bridgehead atoms. The van der Waals surface area contributed by atoms with Gasteiger partial charge in [0.25, 0.3) is 5.91 Å². The van der Waals surface area contributed by atoms with Gasteiger partial charge in [0.2, 0.25) is 11.8 Å². The SMILES string of the molecule is NC1CC(c2ccccc2)CN(Cc2ccccc2)C1.O=C1CCC(N2Cc3cc(CNC4CC(c5ccccc5)CN(Cc5ccccc5)C4)ccc3C2=O)C(=O)N1. The van der Waals surface area contributed by atoms with Gasteiger partial charge in [0.15, 0.2) is 0 Å². The van der Waals surface area contributed by atoms with E-state index >= 15 is 0 Å². The van der Waals surface area contributed by atoms with E-state index in [4.69, 9.17) is 5.73 Å². The number of hydrogen-bond donors (Lipinski definition) is 3. The molecule has 0 radical (unpaired) electrons. The Morgan fingerprint density at radius 1 is 0.627 bits per heavy atom. The summed E-state index contributed by atoms with van der Waals surface area (Å²) < 4.78 is 0. The number of nitrogens with one attached hydrogen (secondary N) is 2. The molecule has 5 atom stereocenters. The summed E-state index contributed by atoms with van der Waals surface area (Å²) >= 11 is 0. The third-order valence-corrected chi connectivity index (χ3v) is 12.3. The van der Waals surface area contributed by atoms with Gasteiger partial charge >= 0.3 is 0 Å². The number of carbonyl (C=O) groups is 3. The van der Waals surface area contributed by atoms with Crippen LogP contribution in [0.3, 0.4) is 0 Å². The van der Waals surface area contributed by atoms with Gasteiger partial charge in [-0.3, -0.25) is 29.5 Å². The second-order valence-electron chi connectivity index (χ2n) is 16.8. The standard InChI is InChI=1S/C32H34N4O3.C18H22N2/c37-30-14-13-29(31(38)34-30)36-20-26-15-23(11-12-28(26)32(36)39)17-33-27-16-25(24-9-5-2-6-10-24)19-35(21-27)18-22-7-3-1-4-8-22;19-18-11-17(16-9-5-2-6-10-16)13-20(14-18)12-15-7-3-1-4-8-15/h1-12,15,25,27,29,33H,13-14,16-21H2,(H,34,37,38);1-10,17-18H,11-14,19H2. The zero-order valence-electron chi connectivity index (χ0n) is 33.8. The van der Waals surface area contributed by atoms with Gasteiger partial charge in [-0.25, -0.2) is 0 Å². The molecule has 304 valence electrons. The predicted octanol–water partition coefficient (Wildman–Crippen LogP) is 6.60. The third kappa shape index (κ3) is 10.4. The lowest BCUT2D eigenvalue weighted by Gasteiger charge is -2.38. The van der Waals surface area contributed by atoms with Crippen LogP contribution in [-0.4, -0.2) is 76.7 Å². The molecule has 5 unspecified atom stereocenters. The average Bonchev–Trinajstić information content (AvgIpc) is 3.59. The molecule has 4 heterocycles. The normalized spacial score (nSPS) is 23.6. The van der Waals surface area contributed by atoms with E-state index in [1.165, 1.54) is 22.3 Å². The monoisotopic (exact) mass is 788 g/mol. The molecule has 4 N–H and O–H groups in total. The van der Waals surface area contributed by atoms with Crippen molar-refractivity contribution in [3.05, 3.63) is 178 Å². The Hall–Kier alpha value is -5.45. The van der Waals surface area contributed by atoms with E-state index in [1.807, 2.05) is 12.1 Å². The molecular weight excluding hydrogens is 733 g/mol. The maximum absolute atomic E-state index is 13.0. The lowest BCUT2D eigenvalue weighted by atomic mass is 9.87. The number of carbonyl (C=O) groups excluding carboxylic acids is 3. The van der Waals surface area contributed by atoms with Crippen LogP contribution >= 0.6 is 0 Å². The maximum Gasteiger partial charge on any atom is 0.255 e. The Morgan fingerprint density at radius 3 is 1.78 bits per heavy atom. The highest BCUT2D eigenvalue weighted by Gasteiger charge is 2.39. The van der Waals surface area contributed by atoms with Gasteiger partial charge in [0.05, 0.1) is 0 Å². The molecule has 9 rings (SSSR count). The molecule has 0 aromatic heterocycles. The summed E-state index contributed by atoms with van der Waals surface area (Å²) in [6.45, 7) is 7.16. The first-order valence-corrected chi connectivity index (χ1v) is 21.2. The summed E-state index contributed by atoms with van der Waals surface area (Å²) in [4.78, 5) is 43.6. The molecule has 0 spiro atoms. The molecular formula is C50H56N6O3. The summed E-state index contributed by atoms with van der Waals surface area (Å²) in [6.07, 6.45) is 2.80. The molecule has 3 fully saturated rings. The van der Waals surface area contributed by atoms with Crippen molar-refractivity contribution in [2.45, 2.75) is 81.8 Å². The van der Waals surface area contributed by atoms with Crippen LogP contribution in [0, 0.1) is 0 Å². The summed E-state index contributed by atoms with van der Waals surface area (Å²) in [5, 5.41) is 6.17. The van der Waals surface area contributed by atoms with Gasteiger partial charge in [-0.15, -0.1) is 0 Å².